The molecule has 2 rings (SSSR count). The van der Waals surface area contributed by atoms with Crippen LogP contribution in [0.25, 0.3) is 0 Å². The van der Waals surface area contributed by atoms with E-state index in [0.29, 0.717) is 6.42 Å². The SMILES string of the molecule is O=C1CC(c2ccccc2)C=NN1. The highest BCUT2D eigenvalue weighted by molar-refractivity contribution is 5.86. The van der Waals surface area contributed by atoms with Crippen LogP contribution in [0.5, 0.6) is 0 Å². The van der Waals surface area contributed by atoms with E-state index in [2.05, 4.69) is 10.5 Å². The van der Waals surface area contributed by atoms with Crippen molar-refractivity contribution in [2.45, 2.75) is 12.3 Å². The van der Waals surface area contributed by atoms with Crippen LogP contribution in [0.1, 0.15) is 17.9 Å². The first-order valence-electron chi connectivity index (χ1n) is 4.23. The molecular weight excluding hydrogens is 164 g/mol. The first-order valence-corrected chi connectivity index (χ1v) is 4.23. The second-order valence-electron chi connectivity index (χ2n) is 3.03. The summed E-state index contributed by atoms with van der Waals surface area (Å²) < 4.78 is 0. The van der Waals surface area contributed by atoms with E-state index in [9.17, 15) is 4.79 Å². The number of nitrogens with one attached hydrogen (secondary N) is 1. The van der Waals surface area contributed by atoms with Gasteiger partial charge in [-0.1, -0.05) is 30.3 Å². The van der Waals surface area contributed by atoms with Gasteiger partial charge < -0.3 is 0 Å². The van der Waals surface area contributed by atoms with Gasteiger partial charge in [0.2, 0.25) is 5.91 Å². The fourth-order valence-electron chi connectivity index (χ4n) is 1.40. The van der Waals surface area contributed by atoms with Crippen molar-refractivity contribution in [2.75, 3.05) is 0 Å². The van der Waals surface area contributed by atoms with E-state index in [4.69, 9.17) is 0 Å². The number of carbonyl (C=O) groups is 1. The lowest BCUT2D eigenvalue weighted by molar-refractivity contribution is -0.121. The summed E-state index contributed by atoms with van der Waals surface area (Å²) in [6.45, 7) is 0. The summed E-state index contributed by atoms with van der Waals surface area (Å²) >= 11 is 0. The lowest BCUT2D eigenvalue weighted by Gasteiger charge is -2.15. The molecule has 0 saturated carbocycles. The first kappa shape index (κ1) is 7.98. The summed E-state index contributed by atoms with van der Waals surface area (Å²) in [7, 11) is 0. The second-order valence-corrected chi connectivity index (χ2v) is 3.03. The van der Waals surface area contributed by atoms with Crippen LogP contribution in [0.4, 0.5) is 0 Å². The Bertz CT molecular complexity index is 332. The zero-order valence-corrected chi connectivity index (χ0v) is 7.10. The predicted octanol–water partition coefficient (Wildman–Crippen LogP) is 1.28. The van der Waals surface area contributed by atoms with Gasteiger partial charge in [0.25, 0.3) is 0 Å². The molecule has 0 aromatic heterocycles. The molecule has 3 heteroatoms. The number of hydrazone groups is 1. The fourth-order valence-corrected chi connectivity index (χ4v) is 1.40. The molecule has 0 aliphatic carbocycles. The van der Waals surface area contributed by atoms with Crippen LogP contribution < -0.4 is 5.43 Å². The van der Waals surface area contributed by atoms with Crippen molar-refractivity contribution in [2.24, 2.45) is 5.10 Å². The van der Waals surface area contributed by atoms with Gasteiger partial charge in [0.05, 0.1) is 0 Å². The van der Waals surface area contributed by atoms with Crippen LogP contribution in [0.2, 0.25) is 0 Å². The van der Waals surface area contributed by atoms with Crippen molar-refractivity contribution in [3.05, 3.63) is 35.9 Å². The van der Waals surface area contributed by atoms with Crippen molar-refractivity contribution in [3.8, 4) is 0 Å². The Labute approximate surface area is 76.5 Å². The van der Waals surface area contributed by atoms with Crippen LogP contribution in [0.15, 0.2) is 35.4 Å². The van der Waals surface area contributed by atoms with E-state index in [1.807, 2.05) is 30.3 Å². The summed E-state index contributed by atoms with van der Waals surface area (Å²) in [5.41, 5.74) is 3.55. The zero-order valence-electron chi connectivity index (χ0n) is 7.10. The molecule has 0 fully saturated rings. The Kier molecular flexibility index (Phi) is 2.08. The molecule has 1 amide bonds. The molecule has 1 atom stereocenters. The lowest BCUT2D eigenvalue weighted by atomic mass is 9.96. The minimum Gasteiger partial charge on any atom is -0.273 e. The van der Waals surface area contributed by atoms with Gasteiger partial charge in [0.1, 0.15) is 0 Å². The summed E-state index contributed by atoms with van der Waals surface area (Å²) in [6, 6.07) is 9.92. The normalized spacial score (nSPS) is 21.2. The zero-order chi connectivity index (χ0) is 9.10. The van der Waals surface area contributed by atoms with Gasteiger partial charge in [-0.2, -0.15) is 5.10 Å². The van der Waals surface area contributed by atoms with E-state index in [-0.39, 0.29) is 11.8 Å². The highest BCUT2D eigenvalue weighted by Crippen LogP contribution is 2.18. The Morgan fingerprint density at radius 2 is 2.08 bits per heavy atom. The third kappa shape index (κ3) is 1.75. The molecule has 0 radical (unpaired) electrons. The second kappa shape index (κ2) is 3.39. The van der Waals surface area contributed by atoms with Gasteiger partial charge in [0, 0.05) is 18.6 Å². The van der Waals surface area contributed by atoms with E-state index in [1.165, 1.54) is 0 Å². The molecule has 1 aromatic rings. The van der Waals surface area contributed by atoms with Crippen LogP contribution >= 0.6 is 0 Å². The molecule has 13 heavy (non-hydrogen) atoms. The molecule has 3 nitrogen and oxygen atoms in total. The topological polar surface area (TPSA) is 41.5 Å². The largest absolute Gasteiger partial charge is 0.273 e. The number of benzene rings is 1. The third-order valence-corrected chi connectivity index (χ3v) is 2.08. The fraction of sp³-hybridized carbons (Fsp3) is 0.200. The lowest BCUT2D eigenvalue weighted by Crippen LogP contribution is -2.25. The van der Waals surface area contributed by atoms with Crippen LogP contribution in [0.3, 0.4) is 0 Å². The Balaban J connectivity index is 2.22. The predicted molar refractivity (Wildman–Crippen MR) is 50.4 cm³/mol. The van der Waals surface area contributed by atoms with Crippen molar-refractivity contribution in [1.29, 1.82) is 0 Å². The Hall–Kier alpha value is -1.64. The molecule has 1 heterocycles. The minimum atomic E-state index is -0.0173. The first-order chi connectivity index (χ1) is 6.36. The number of hydrogen-bond acceptors (Lipinski definition) is 2. The molecule has 0 bridgehead atoms. The van der Waals surface area contributed by atoms with Crippen LogP contribution in [-0.4, -0.2) is 12.1 Å². The maximum Gasteiger partial charge on any atom is 0.241 e. The molecule has 66 valence electrons. The van der Waals surface area contributed by atoms with Gasteiger partial charge in [-0.3, -0.25) is 4.79 Å². The maximum atomic E-state index is 11.0. The Morgan fingerprint density at radius 3 is 2.77 bits per heavy atom. The van der Waals surface area contributed by atoms with Crippen molar-refractivity contribution >= 4 is 12.1 Å². The summed E-state index contributed by atoms with van der Waals surface area (Å²) in [4.78, 5) is 11.0. The maximum absolute atomic E-state index is 11.0. The van der Waals surface area contributed by atoms with Gasteiger partial charge in [-0.25, -0.2) is 5.43 Å². The van der Waals surface area contributed by atoms with Crippen molar-refractivity contribution in [1.82, 2.24) is 5.43 Å². The Morgan fingerprint density at radius 1 is 1.31 bits per heavy atom. The number of rotatable bonds is 1. The highest BCUT2D eigenvalue weighted by atomic mass is 16.2. The number of hydrogen-bond donors (Lipinski definition) is 1. The summed E-state index contributed by atoms with van der Waals surface area (Å²) in [5, 5.41) is 3.79. The van der Waals surface area contributed by atoms with Gasteiger partial charge >= 0.3 is 0 Å². The molecule has 0 saturated heterocycles. The number of carbonyl (C=O) groups excluding carboxylic acids is 1. The molecule has 1 N–H and O–H groups in total. The number of nitrogens with zero attached hydrogens (tertiary/aromatic N) is 1. The average molecular weight is 174 g/mol. The molecule has 1 aromatic carbocycles. The molecule has 1 aliphatic rings. The number of amides is 1. The third-order valence-electron chi connectivity index (χ3n) is 2.08. The average Bonchev–Trinajstić information content (AvgIpc) is 2.19. The van der Waals surface area contributed by atoms with Crippen molar-refractivity contribution < 1.29 is 4.79 Å². The van der Waals surface area contributed by atoms with Gasteiger partial charge in [-0.05, 0) is 5.56 Å². The van der Waals surface area contributed by atoms with Gasteiger partial charge in [0.15, 0.2) is 0 Å². The van der Waals surface area contributed by atoms with E-state index in [0.717, 1.165) is 5.56 Å². The molecular formula is C10H10N2O. The van der Waals surface area contributed by atoms with E-state index in [1.54, 1.807) is 6.21 Å². The minimum absolute atomic E-state index is 0.0173. The molecule has 0 spiro atoms. The molecule has 1 aliphatic heterocycles. The van der Waals surface area contributed by atoms with Gasteiger partial charge in [-0.15, -0.1) is 0 Å². The van der Waals surface area contributed by atoms with E-state index >= 15 is 0 Å². The van der Waals surface area contributed by atoms with Crippen LogP contribution in [0, 0.1) is 0 Å². The highest BCUT2D eigenvalue weighted by Gasteiger charge is 2.16. The monoisotopic (exact) mass is 174 g/mol. The quantitative estimate of drug-likeness (QED) is 0.684. The molecule has 1 unspecified atom stereocenters. The van der Waals surface area contributed by atoms with E-state index < -0.39 is 0 Å². The standard InChI is InChI=1S/C10H10N2O/c13-10-6-9(7-11-12-10)8-4-2-1-3-5-8/h1-5,7,9H,6H2,(H,12,13). The summed E-state index contributed by atoms with van der Waals surface area (Å²) in [5.74, 6) is 0.117. The summed E-state index contributed by atoms with van der Waals surface area (Å²) in [6.07, 6.45) is 2.27. The van der Waals surface area contributed by atoms with Crippen LogP contribution in [-0.2, 0) is 4.79 Å². The van der Waals surface area contributed by atoms with Crippen molar-refractivity contribution in [3.63, 3.8) is 0 Å². The smallest absolute Gasteiger partial charge is 0.241 e.